The first-order valence-electron chi connectivity index (χ1n) is 8.90. The molecule has 3 rings (SSSR count). The quantitative estimate of drug-likeness (QED) is 0.804. The number of nitrogens with zero attached hydrogens (tertiary/aromatic N) is 1. The van der Waals surface area contributed by atoms with Crippen LogP contribution in [0.15, 0.2) is 42.5 Å². The molecule has 2 aromatic carbocycles. The largest absolute Gasteiger partial charge is 0.465 e. The van der Waals surface area contributed by atoms with Crippen LogP contribution in [-0.4, -0.2) is 31.4 Å². The maximum absolute atomic E-state index is 13.8. The van der Waals surface area contributed by atoms with Gasteiger partial charge in [0.15, 0.2) is 0 Å². The molecule has 2 aromatic rings. The molecule has 146 valence electrons. The van der Waals surface area contributed by atoms with Gasteiger partial charge in [0.1, 0.15) is 5.82 Å². The number of hydrogen-bond donors (Lipinski definition) is 1. The summed E-state index contributed by atoms with van der Waals surface area (Å²) >= 11 is 0. The van der Waals surface area contributed by atoms with E-state index in [1.54, 1.807) is 43.3 Å². The van der Waals surface area contributed by atoms with Crippen LogP contribution < -0.4 is 10.2 Å². The number of ether oxygens (including phenoxy) is 1. The van der Waals surface area contributed by atoms with Gasteiger partial charge in [-0.15, -0.1) is 0 Å². The SMILES string of the molecule is COC(=O)c1ccc(CNC(=O)[C@@H]2CC(=O)N(c3ccc(C)c(F)c3)C2)cc1. The fraction of sp³-hybridized carbons (Fsp3) is 0.286. The lowest BCUT2D eigenvalue weighted by molar-refractivity contribution is -0.126. The summed E-state index contributed by atoms with van der Waals surface area (Å²) in [6.45, 7) is 2.15. The van der Waals surface area contributed by atoms with Crippen LogP contribution in [0.5, 0.6) is 0 Å². The summed E-state index contributed by atoms with van der Waals surface area (Å²) in [4.78, 5) is 37.6. The maximum atomic E-state index is 13.8. The Hall–Kier alpha value is -3.22. The number of carbonyl (C=O) groups is 3. The van der Waals surface area contributed by atoms with E-state index in [2.05, 4.69) is 10.1 Å². The third kappa shape index (κ3) is 4.19. The number of nitrogens with one attached hydrogen (secondary N) is 1. The van der Waals surface area contributed by atoms with Crippen molar-refractivity contribution in [2.75, 3.05) is 18.6 Å². The van der Waals surface area contributed by atoms with Crippen molar-refractivity contribution >= 4 is 23.5 Å². The monoisotopic (exact) mass is 384 g/mol. The Morgan fingerprint density at radius 3 is 2.57 bits per heavy atom. The molecule has 0 radical (unpaired) electrons. The van der Waals surface area contributed by atoms with Gasteiger partial charge >= 0.3 is 5.97 Å². The van der Waals surface area contributed by atoms with Crippen LogP contribution in [0.2, 0.25) is 0 Å². The molecule has 1 atom stereocenters. The number of aryl methyl sites for hydroxylation is 1. The van der Waals surface area contributed by atoms with E-state index in [9.17, 15) is 18.8 Å². The Kier molecular flexibility index (Phi) is 5.73. The van der Waals surface area contributed by atoms with Gasteiger partial charge in [0.05, 0.1) is 18.6 Å². The molecular formula is C21H21FN2O4. The molecule has 1 aliphatic heterocycles. The lowest BCUT2D eigenvalue weighted by Gasteiger charge is -2.17. The normalized spacial score (nSPS) is 16.2. The highest BCUT2D eigenvalue weighted by atomic mass is 19.1. The fourth-order valence-electron chi connectivity index (χ4n) is 3.09. The highest BCUT2D eigenvalue weighted by molar-refractivity contribution is 6.00. The van der Waals surface area contributed by atoms with E-state index in [1.807, 2.05) is 0 Å². The molecule has 0 spiro atoms. The molecule has 0 aromatic heterocycles. The molecule has 1 saturated heterocycles. The summed E-state index contributed by atoms with van der Waals surface area (Å²) in [6, 6.07) is 11.3. The number of anilines is 1. The highest BCUT2D eigenvalue weighted by Crippen LogP contribution is 2.26. The number of amides is 2. The van der Waals surface area contributed by atoms with Crippen LogP contribution in [0, 0.1) is 18.7 Å². The van der Waals surface area contributed by atoms with E-state index in [0.29, 0.717) is 16.8 Å². The molecule has 1 heterocycles. The van der Waals surface area contributed by atoms with Crippen molar-refractivity contribution < 1.29 is 23.5 Å². The third-order valence-corrected chi connectivity index (χ3v) is 4.80. The second kappa shape index (κ2) is 8.21. The average molecular weight is 384 g/mol. The zero-order valence-electron chi connectivity index (χ0n) is 15.7. The molecule has 7 heteroatoms. The van der Waals surface area contributed by atoms with Gasteiger partial charge in [-0.25, -0.2) is 9.18 Å². The predicted octanol–water partition coefficient (Wildman–Crippen LogP) is 2.59. The van der Waals surface area contributed by atoms with Gasteiger partial charge in [-0.2, -0.15) is 0 Å². The summed E-state index contributed by atoms with van der Waals surface area (Å²) in [5.41, 5.74) is 2.22. The van der Waals surface area contributed by atoms with Crippen molar-refractivity contribution in [3.8, 4) is 0 Å². The maximum Gasteiger partial charge on any atom is 0.337 e. The standard InChI is InChI=1S/C21H21FN2O4/c1-13-3-8-17(10-18(13)22)24-12-16(9-19(24)25)20(26)23-11-14-4-6-15(7-5-14)21(27)28-2/h3-8,10,16H,9,11-12H2,1-2H3,(H,23,26)/t16-/m1/s1. The van der Waals surface area contributed by atoms with Crippen LogP contribution in [0.3, 0.4) is 0 Å². The van der Waals surface area contributed by atoms with E-state index in [4.69, 9.17) is 0 Å². The highest BCUT2D eigenvalue weighted by Gasteiger charge is 2.35. The molecule has 0 unspecified atom stereocenters. The Balaban J connectivity index is 1.58. The number of benzene rings is 2. The van der Waals surface area contributed by atoms with Crippen molar-refractivity contribution in [1.82, 2.24) is 5.32 Å². The molecule has 1 fully saturated rings. The lowest BCUT2D eigenvalue weighted by Crippen LogP contribution is -2.32. The van der Waals surface area contributed by atoms with Gasteiger partial charge < -0.3 is 15.0 Å². The number of halogens is 1. The van der Waals surface area contributed by atoms with Crippen molar-refractivity contribution in [1.29, 1.82) is 0 Å². The summed E-state index contributed by atoms with van der Waals surface area (Å²) < 4.78 is 18.4. The van der Waals surface area contributed by atoms with E-state index in [1.165, 1.54) is 18.1 Å². The number of esters is 1. The van der Waals surface area contributed by atoms with Crippen LogP contribution in [0.1, 0.15) is 27.9 Å². The topological polar surface area (TPSA) is 75.7 Å². The molecule has 1 N–H and O–H groups in total. The third-order valence-electron chi connectivity index (χ3n) is 4.80. The molecular weight excluding hydrogens is 363 g/mol. The predicted molar refractivity (Wildman–Crippen MR) is 101 cm³/mol. The van der Waals surface area contributed by atoms with Crippen LogP contribution >= 0.6 is 0 Å². The minimum atomic E-state index is -0.494. The molecule has 1 aliphatic rings. The van der Waals surface area contributed by atoms with E-state index >= 15 is 0 Å². The fourth-order valence-corrected chi connectivity index (χ4v) is 3.09. The van der Waals surface area contributed by atoms with Crippen molar-refractivity contribution in [2.45, 2.75) is 19.9 Å². The van der Waals surface area contributed by atoms with Gasteiger partial charge in [-0.3, -0.25) is 9.59 Å². The second-order valence-corrected chi connectivity index (χ2v) is 6.75. The van der Waals surface area contributed by atoms with Crippen LogP contribution in [-0.2, 0) is 20.9 Å². The van der Waals surface area contributed by atoms with E-state index < -0.39 is 11.9 Å². The molecule has 28 heavy (non-hydrogen) atoms. The first-order valence-corrected chi connectivity index (χ1v) is 8.90. The summed E-state index contributed by atoms with van der Waals surface area (Å²) in [5.74, 6) is -1.74. The average Bonchev–Trinajstić information content (AvgIpc) is 3.09. The minimum absolute atomic E-state index is 0.0859. The zero-order chi connectivity index (χ0) is 20.3. The van der Waals surface area contributed by atoms with Gasteiger partial charge in [0.25, 0.3) is 0 Å². The van der Waals surface area contributed by atoms with Crippen LogP contribution in [0.4, 0.5) is 10.1 Å². The lowest BCUT2D eigenvalue weighted by atomic mass is 10.1. The van der Waals surface area contributed by atoms with Gasteiger partial charge in [-0.1, -0.05) is 18.2 Å². The summed E-state index contributed by atoms with van der Waals surface area (Å²) in [6.07, 6.45) is 0.0859. The molecule has 2 amide bonds. The molecule has 0 aliphatic carbocycles. The summed E-state index contributed by atoms with van der Waals surface area (Å²) in [5, 5.41) is 2.81. The first-order chi connectivity index (χ1) is 13.4. The Morgan fingerprint density at radius 2 is 1.93 bits per heavy atom. The Bertz CT molecular complexity index is 911. The molecule has 6 nitrogen and oxygen atoms in total. The van der Waals surface area contributed by atoms with E-state index in [-0.39, 0.29) is 37.1 Å². The van der Waals surface area contributed by atoms with E-state index in [0.717, 1.165) is 5.56 Å². The number of hydrogen-bond acceptors (Lipinski definition) is 4. The number of carbonyl (C=O) groups excluding carboxylic acids is 3. The second-order valence-electron chi connectivity index (χ2n) is 6.75. The minimum Gasteiger partial charge on any atom is -0.465 e. The van der Waals surface area contributed by atoms with Gasteiger partial charge in [0.2, 0.25) is 11.8 Å². The van der Waals surface area contributed by atoms with Crippen molar-refractivity contribution in [2.24, 2.45) is 5.92 Å². The Labute approximate surface area is 162 Å². The molecule has 0 bridgehead atoms. The summed E-state index contributed by atoms with van der Waals surface area (Å²) in [7, 11) is 1.31. The number of rotatable bonds is 5. The number of methoxy groups -OCH3 is 1. The zero-order valence-corrected chi connectivity index (χ0v) is 15.7. The van der Waals surface area contributed by atoms with Gasteiger partial charge in [-0.05, 0) is 42.3 Å². The van der Waals surface area contributed by atoms with Gasteiger partial charge in [0, 0.05) is 25.2 Å². The first kappa shape index (κ1) is 19.5. The molecule has 0 saturated carbocycles. The smallest absolute Gasteiger partial charge is 0.337 e. The van der Waals surface area contributed by atoms with Crippen LogP contribution in [0.25, 0.3) is 0 Å². The van der Waals surface area contributed by atoms with Crippen molar-refractivity contribution in [3.05, 3.63) is 65.0 Å². The van der Waals surface area contributed by atoms with Crippen molar-refractivity contribution in [3.63, 3.8) is 0 Å². The Morgan fingerprint density at radius 1 is 1.21 bits per heavy atom.